The SMILES string of the molecule is CCCOc1c(Cl)cc(CN[C@H](C)c2ccccc2)cc1OCC. The van der Waals surface area contributed by atoms with Gasteiger partial charge in [-0.1, -0.05) is 48.9 Å². The lowest BCUT2D eigenvalue weighted by Crippen LogP contribution is -2.18. The number of hydrogen-bond acceptors (Lipinski definition) is 3. The Hall–Kier alpha value is -1.71. The number of hydrogen-bond donors (Lipinski definition) is 1. The van der Waals surface area contributed by atoms with Crippen LogP contribution in [0.2, 0.25) is 5.02 Å². The number of ether oxygens (including phenoxy) is 2. The molecule has 24 heavy (non-hydrogen) atoms. The van der Waals surface area contributed by atoms with Crippen LogP contribution >= 0.6 is 11.6 Å². The predicted molar refractivity (Wildman–Crippen MR) is 100 cm³/mol. The molecular weight excluding hydrogens is 322 g/mol. The fourth-order valence-electron chi connectivity index (χ4n) is 2.46. The Morgan fingerprint density at radius 1 is 1.08 bits per heavy atom. The molecule has 0 aliphatic carbocycles. The zero-order valence-corrected chi connectivity index (χ0v) is 15.4. The minimum atomic E-state index is 0.261. The molecule has 0 saturated carbocycles. The molecule has 130 valence electrons. The number of nitrogens with one attached hydrogen (secondary N) is 1. The maximum Gasteiger partial charge on any atom is 0.179 e. The van der Waals surface area contributed by atoms with Gasteiger partial charge in [0.2, 0.25) is 0 Å². The van der Waals surface area contributed by atoms with Gasteiger partial charge >= 0.3 is 0 Å². The van der Waals surface area contributed by atoms with E-state index in [0.717, 1.165) is 12.0 Å². The molecule has 4 heteroatoms. The summed E-state index contributed by atoms with van der Waals surface area (Å²) in [5.41, 5.74) is 2.34. The monoisotopic (exact) mass is 347 g/mol. The van der Waals surface area contributed by atoms with Crippen LogP contribution in [-0.2, 0) is 6.54 Å². The van der Waals surface area contributed by atoms with Gasteiger partial charge in [0.15, 0.2) is 11.5 Å². The van der Waals surface area contributed by atoms with Gasteiger partial charge in [-0.15, -0.1) is 0 Å². The van der Waals surface area contributed by atoms with E-state index in [-0.39, 0.29) is 6.04 Å². The van der Waals surface area contributed by atoms with E-state index >= 15 is 0 Å². The molecular formula is C20H26ClNO2. The third kappa shape index (κ3) is 5.15. The highest BCUT2D eigenvalue weighted by molar-refractivity contribution is 6.32. The summed E-state index contributed by atoms with van der Waals surface area (Å²) in [4.78, 5) is 0. The first-order chi connectivity index (χ1) is 11.7. The molecule has 2 rings (SSSR count). The second-order valence-corrected chi connectivity index (χ2v) is 6.11. The smallest absolute Gasteiger partial charge is 0.179 e. The van der Waals surface area contributed by atoms with Crippen LogP contribution in [-0.4, -0.2) is 13.2 Å². The summed E-state index contributed by atoms with van der Waals surface area (Å²) < 4.78 is 11.5. The third-order valence-electron chi connectivity index (χ3n) is 3.73. The maximum atomic E-state index is 6.41. The lowest BCUT2D eigenvalue weighted by molar-refractivity contribution is 0.277. The number of benzene rings is 2. The van der Waals surface area contributed by atoms with Crippen LogP contribution < -0.4 is 14.8 Å². The predicted octanol–water partition coefficient (Wildman–Crippen LogP) is 5.38. The molecule has 0 radical (unpaired) electrons. The van der Waals surface area contributed by atoms with Gasteiger partial charge in [-0.2, -0.15) is 0 Å². The average Bonchev–Trinajstić information content (AvgIpc) is 2.60. The molecule has 0 spiro atoms. The molecule has 2 aromatic carbocycles. The first-order valence-corrected chi connectivity index (χ1v) is 8.89. The Morgan fingerprint density at radius 2 is 1.83 bits per heavy atom. The van der Waals surface area contributed by atoms with Crippen LogP contribution in [0.4, 0.5) is 0 Å². The third-order valence-corrected chi connectivity index (χ3v) is 4.01. The molecule has 0 amide bonds. The number of halogens is 1. The highest BCUT2D eigenvalue weighted by Gasteiger charge is 2.13. The lowest BCUT2D eigenvalue weighted by Gasteiger charge is -2.17. The van der Waals surface area contributed by atoms with E-state index in [1.807, 2.05) is 25.1 Å². The van der Waals surface area contributed by atoms with E-state index < -0.39 is 0 Å². The van der Waals surface area contributed by atoms with Gasteiger partial charge in [-0.05, 0) is 43.5 Å². The van der Waals surface area contributed by atoms with Crippen molar-refractivity contribution in [3.8, 4) is 11.5 Å². The molecule has 2 aromatic rings. The highest BCUT2D eigenvalue weighted by Crippen LogP contribution is 2.37. The van der Waals surface area contributed by atoms with E-state index in [2.05, 4.69) is 43.4 Å². The number of rotatable bonds is 9. The van der Waals surface area contributed by atoms with Gasteiger partial charge in [-0.25, -0.2) is 0 Å². The molecule has 0 aromatic heterocycles. The van der Waals surface area contributed by atoms with E-state index in [1.54, 1.807) is 0 Å². The Labute approximate surface area is 149 Å². The summed E-state index contributed by atoms with van der Waals surface area (Å²) >= 11 is 6.41. The van der Waals surface area contributed by atoms with Crippen molar-refractivity contribution in [2.24, 2.45) is 0 Å². The van der Waals surface area contributed by atoms with Crippen molar-refractivity contribution in [3.05, 3.63) is 58.6 Å². The van der Waals surface area contributed by atoms with Crippen LogP contribution in [0.25, 0.3) is 0 Å². The molecule has 1 N–H and O–H groups in total. The van der Waals surface area contributed by atoms with Crippen molar-refractivity contribution < 1.29 is 9.47 Å². The van der Waals surface area contributed by atoms with Gasteiger partial charge < -0.3 is 14.8 Å². The summed E-state index contributed by atoms with van der Waals surface area (Å²) in [6.45, 7) is 8.10. The van der Waals surface area contributed by atoms with E-state index in [0.29, 0.717) is 36.3 Å². The molecule has 0 aliphatic heterocycles. The first-order valence-electron chi connectivity index (χ1n) is 8.52. The molecule has 0 saturated heterocycles. The summed E-state index contributed by atoms with van der Waals surface area (Å²) in [7, 11) is 0. The van der Waals surface area contributed by atoms with Crippen molar-refractivity contribution in [1.29, 1.82) is 0 Å². The highest BCUT2D eigenvalue weighted by atomic mass is 35.5. The van der Waals surface area contributed by atoms with Gasteiger partial charge in [0.05, 0.1) is 18.2 Å². The van der Waals surface area contributed by atoms with Gasteiger partial charge in [0, 0.05) is 12.6 Å². The Bertz CT molecular complexity index is 631. The van der Waals surface area contributed by atoms with Crippen LogP contribution in [0, 0.1) is 0 Å². The van der Waals surface area contributed by atoms with Gasteiger partial charge in [0.25, 0.3) is 0 Å². The molecule has 0 fully saturated rings. The Morgan fingerprint density at radius 3 is 2.50 bits per heavy atom. The molecule has 0 bridgehead atoms. The largest absolute Gasteiger partial charge is 0.490 e. The normalized spacial score (nSPS) is 12.0. The fraction of sp³-hybridized carbons (Fsp3) is 0.400. The van der Waals surface area contributed by atoms with E-state index in [9.17, 15) is 0 Å². The molecule has 1 atom stereocenters. The molecule has 0 heterocycles. The molecule has 0 aliphatic rings. The second-order valence-electron chi connectivity index (χ2n) is 5.70. The van der Waals surface area contributed by atoms with Crippen LogP contribution in [0.1, 0.15) is 44.4 Å². The van der Waals surface area contributed by atoms with Gasteiger partial charge in [-0.3, -0.25) is 0 Å². The van der Waals surface area contributed by atoms with Crippen molar-refractivity contribution in [2.75, 3.05) is 13.2 Å². The van der Waals surface area contributed by atoms with Crippen molar-refractivity contribution in [1.82, 2.24) is 5.32 Å². The molecule has 0 unspecified atom stereocenters. The maximum absolute atomic E-state index is 6.41. The van der Waals surface area contributed by atoms with Crippen molar-refractivity contribution in [3.63, 3.8) is 0 Å². The minimum absolute atomic E-state index is 0.261. The average molecular weight is 348 g/mol. The fourth-order valence-corrected chi connectivity index (χ4v) is 2.75. The summed E-state index contributed by atoms with van der Waals surface area (Å²) in [5, 5.41) is 4.12. The van der Waals surface area contributed by atoms with Crippen LogP contribution in [0.5, 0.6) is 11.5 Å². The van der Waals surface area contributed by atoms with Crippen molar-refractivity contribution in [2.45, 2.75) is 39.8 Å². The quantitative estimate of drug-likeness (QED) is 0.660. The Kier molecular flexibility index (Phi) is 7.41. The van der Waals surface area contributed by atoms with Crippen LogP contribution in [0.15, 0.2) is 42.5 Å². The van der Waals surface area contributed by atoms with Crippen LogP contribution in [0.3, 0.4) is 0 Å². The standard InChI is InChI=1S/C20H26ClNO2/c1-4-11-24-20-18(21)12-16(13-19(20)23-5-2)14-22-15(3)17-9-7-6-8-10-17/h6-10,12-13,15,22H,4-5,11,14H2,1-3H3/t15-/m1/s1. The summed E-state index contributed by atoms with van der Waals surface area (Å²) in [5.74, 6) is 1.35. The zero-order chi connectivity index (χ0) is 17.4. The van der Waals surface area contributed by atoms with Gasteiger partial charge in [0.1, 0.15) is 0 Å². The zero-order valence-electron chi connectivity index (χ0n) is 14.6. The molecule has 3 nitrogen and oxygen atoms in total. The second kappa shape index (κ2) is 9.55. The lowest BCUT2D eigenvalue weighted by atomic mass is 10.1. The topological polar surface area (TPSA) is 30.5 Å². The summed E-state index contributed by atoms with van der Waals surface area (Å²) in [6.07, 6.45) is 0.930. The van der Waals surface area contributed by atoms with E-state index in [1.165, 1.54) is 5.56 Å². The Balaban J connectivity index is 2.09. The summed E-state index contributed by atoms with van der Waals surface area (Å²) in [6, 6.07) is 14.6. The minimum Gasteiger partial charge on any atom is -0.490 e. The van der Waals surface area contributed by atoms with Crippen molar-refractivity contribution >= 4 is 11.6 Å². The van der Waals surface area contributed by atoms with E-state index in [4.69, 9.17) is 21.1 Å². The first kappa shape index (κ1) is 18.6.